The summed E-state index contributed by atoms with van der Waals surface area (Å²) in [4.78, 5) is 12.5. The summed E-state index contributed by atoms with van der Waals surface area (Å²) in [5, 5.41) is 1.09. The van der Waals surface area contributed by atoms with Crippen molar-refractivity contribution in [3.05, 3.63) is 71.8 Å². The minimum absolute atomic E-state index is 0.0500. The quantitative estimate of drug-likeness (QED) is 0.412. The van der Waals surface area contributed by atoms with Crippen LogP contribution in [0.4, 0.5) is 0 Å². The predicted octanol–water partition coefficient (Wildman–Crippen LogP) is 5.95. The molecule has 0 aromatic heterocycles. The molecule has 2 nitrogen and oxygen atoms in total. The average molecular weight is 415 g/mol. The fourth-order valence-electron chi connectivity index (χ4n) is 3.79. The second kappa shape index (κ2) is 9.91. The van der Waals surface area contributed by atoms with Gasteiger partial charge in [-0.15, -0.1) is 0 Å². The Morgan fingerprint density at radius 2 is 1.38 bits per heavy atom. The smallest absolute Gasteiger partial charge is 0.306 e. The highest BCUT2D eigenvalue weighted by Crippen LogP contribution is 2.31. The molecule has 3 rings (SSSR count). The van der Waals surface area contributed by atoms with Crippen LogP contribution in [0.3, 0.4) is 0 Å². The number of ether oxygens (including phenoxy) is 1. The number of esters is 1. The molecule has 26 heavy (non-hydrogen) atoms. The van der Waals surface area contributed by atoms with E-state index in [1.54, 1.807) is 0 Å². The Hall–Kier alpha value is -1.61. The van der Waals surface area contributed by atoms with E-state index in [4.69, 9.17) is 4.74 Å². The van der Waals surface area contributed by atoms with Gasteiger partial charge in [0.25, 0.3) is 0 Å². The van der Waals surface area contributed by atoms with Crippen LogP contribution in [0.5, 0.6) is 0 Å². The summed E-state index contributed by atoms with van der Waals surface area (Å²) in [6, 6.07) is 20.5. The van der Waals surface area contributed by atoms with Gasteiger partial charge in [-0.05, 0) is 48.6 Å². The molecule has 138 valence electrons. The fourth-order valence-corrected chi connectivity index (χ4v) is 4.44. The van der Waals surface area contributed by atoms with E-state index < -0.39 is 0 Å². The van der Waals surface area contributed by atoms with Crippen molar-refractivity contribution in [2.45, 2.75) is 38.0 Å². The summed E-state index contributed by atoms with van der Waals surface area (Å²) in [5.74, 6) is 1.28. The molecule has 1 saturated carbocycles. The number of rotatable bonds is 7. The summed E-state index contributed by atoms with van der Waals surface area (Å²) in [6.07, 6.45) is 5.22. The van der Waals surface area contributed by atoms with Crippen LogP contribution in [0.25, 0.3) is 0 Å². The molecular formula is C23H27BrO2. The van der Waals surface area contributed by atoms with E-state index in [0.717, 1.165) is 22.4 Å². The van der Waals surface area contributed by atoms with Crippen molar-refractivity contribution in [1.29, 1.82) is 0 Å². The minimum Gasteiger partial charge on any atom is -0.465 e. The summed E-state index contributed by atoms with van der Waals surface area (Å²) in [5.41, 5.74) is 2.32. The Morgan fingerprint density at radius 3 is 1.88 bits per heavy atom. The lowest BCUT2D eigenvalue weighted by Gasteiger charge is -2.27. The van der Waals surface area contributed by atoms with E-state index in [2.05, 4.69) is 40.2 Å². The first kappa shape index (κ1) is 19.2. The van der Waals surface area contributed by atoms with Crippen molar-refractivity contribution >= 4 is 21.9 Å². The Bertz CT molecular complexity index is 624. The van der Waals surface area contributed by atoms with Crippen LogP contribution in [0.2, 0.25) is 0 Å². The lowest BCUT2D eigenvalue weighted by molar-refractivity contribution is -0.145. The first-order valence-corrected chi connectivity index (χ1v) is 10.7. The van der Waals surface area contributed by atoms with Crippen LogP contribution in [0, 0.1) is 11.8 Å². The maximum atomic E-state index is 12.5. The van der Waals surface area contributed by atoms with Crippen LogP contribution in [-0.2, 0) is 9.53 Å². The molecule has 1 aliphatic carbocycles. The van der Waals surface area contributed by atoms with Crippen molar-refractivity contribution < 1.29 is 9.53 Å². The van der Waals surface area contributed by atoms with Gasteiger partial charge in [-0.25, -0.2) is 0 Å². The molecule has 0 atom stereocenters. The number of alkyl halides is 1. The number of carbonyl (C=O) groups excluding carboxylic acids is 1. The highest BCUT2D eigenvalue weighted by molar-refractivity contribution is 9.09. The van der Waals surface area contributed by atoms with Gasteiger partial charge in [0.2, 0.25) is 0 Å². The second-order valence-electron chi connectivity index (χ2n) is 7.30. The predicted molar refractivity (Wildman–Crippen MR) is 110 cm³/mol. The Balaban J connectivity index is 1.58. The third-order valence-corrected chi connectivity index (χ3v) is 6.35. The highest BCUT2D eigenvalue weighted by atomic mass is 79.9. The molecule has 0 bridgehead atoms. The van der Waals surface area contributed by atoms with Crippen molar-refractivity contribution in [2.75, 3.05) is 11.9 Å². The molecular weight excluding hydrogens is 388 g/mol. The summed E-state index contributed by atoms with van der Waals surface area (Å²) in [7, 11) is 0. The van der Waals surface area contributed by atoms with Gasteiger partial charge >= 0.3 is 5.97 Å². The second-order valence-corrected chi connectivity index (χ2v) is 7.95. The molecule has 0 spiro atoms. The molecule has 1 aliphatic rings. The first-order chi connectivity index (χ1) is 12.8. The zero-order valence-electron chi connectivity index (χ0n) is 15.1. The van der Waals surface area contributed by atoms with Crippen molar-refractivity contribution in [3.63, 3.8) is 0 Å². The van der Waals surface area contributed by atoms with E-state index in [1.807, 2.05) is 36.4 Å². The largest absolute Gasteiger partial charge is 0.465 e. The Kier molecular flexibility index (Phi) is 7.31. The van der Waals surface area contributed by atoms with Gasteiger partial charge in [0.15, 0.2) is 0 Å². The van der Waals surface area contributed by atoms with Gasteiger partial charge in [-0.3, -0.25) is 4.79 Å². The number of halogens is 1. The molecule has 0 amide bonds. The van der Waals surface area contributed by atoms with Crippen molar-refractivity contribution in [1.82, 2.24) is 0 Å². The molecule has 0 saturated heterocycles. The SMILES string of the molecule is O=C(CC(c1ccccc1)c1ccccc1)OCC1CCC(CBr)CC1. The lowest BCUT2D eigenvalue weighted by Crippen LogP contribution is -2.22. The molecule has 0 heterocycles. The molecule has 0 radical (unpaired) electrons. The number of hydrogen-bond acceptors (Lipinski definition) is 2. The van der Waals surface area contributed by atoms with E-state index in [1.165, 1.54) is 25.7 Å². The molecule has 2 aromatic carbocycles. The van der Waals surface area contributed by atoms with Gasteiger partial charge in [0, 0.05) is 11.2 Å². The maximum absolute atomic E-state index is 12.5. The van der Waals surface area contributed by atoms with Crippen LogP contribution < -0.4 is 0 Å². The van der Waals surface area contributed by atoms with E-state index in [0.29, 0.717) is 18.9 Å². The number of benzene rings is 2. The average Bonchev–Trinajstić information content (AvgIpc) is 2.72. The highest BCUT2D eigenvalue weighted by Gasteiger charge is 2.23. The molecule has 0 aliphatic heterocycles. The molecule has 2 aromatic rings. The topological polar surface area (TPSA) is 26.3 Å². The summed E-state index contributed by atoms with van der Waals surface area (Å²) in [6.45, 7) is 0.574. The number of carbonyl (C=O) groups is 1. The van der Waals surface area contributed by atoms with Gasteiger partial charge in [-0.2, -0.15) is 0 Å². The molecule has 3 heteroatoms. The lowest BCUT2D eigenvalue weighted by atomic mass is 9.83. The number of hydrogen-bond donors (Lipinski definition) is 0. The van der Waals surface area contributed by atoms with Crippen LogP contribution in [0.15, 0.2) is 60.7 Å². The maximum Gasteiger partial charge on any atom is 0.306 e. The molecule has 0 unspecified atom stereocenters. The third-order valence-electron chi connectivity index (χ3n) is 5.44. The summed E-state index contributed by atoms with van der Waals surface area (Å²) < 4.78 is 5.67. The fraction of sp³-hybridized carbons (Fsp3) is 0.435. The Labute approximate surface area is 165 Å². The van der Waals surface area contributed by atoms with Gasteiger partial charge in [0.1, 0.15) is 0 Å². The Morgan fingerprint density at radius 1 is 0.885 bits per heavy atom. The van der Waals surface area contributed by atoms with E-state index in [9.17, 15) is 4.79 Å². The molecule has 1 fully saturated rings. The van der Waals surface area contributed by atoms with Crippen LogP contribution in [-0.4, -0.2) is 17.9 Å². The van der Waals surface area contributed by atoms with Gasteiger partial charge < -0.3 is 4.74 Å². The first-order valence-electron chi connectivity index (χ1n) is 9.57. The standard InChI is InChI=1S/C23H27BrO2/c24-16-18-11-13-19(14-12-18)17-26-23(25)15-22(20-7-3-1-4-8-20)21-9-5-2-6-10-21/h1-10,18-19,22H,11-17H2. The minimum atomic E-state index is -0.0923. The monoisotopic (exact) mass is 414 g/mol. The van der Waals surface area contributed by atoms with Crippen LogP contribution in [0.1, 0.15) is 49.1 Å². The van der Waals surface area contributed by atoms with Crippen LogP contribution >= 0.6 is 15.9 Å². The van der Waals surface area contributed by atoms with E-state index in [-0.39, 0.29) is 11.9 Å². The van der Waals surface area contributed by atoms with Gasteiger partial charge in [0.05, 0.1) is 13.0 Å². The zero-order valence-corrected chi connectivity index (χ0v) is 16.7. The van der Waals surface area contributed by atoms with Crippen molar-refractivity contribution in [3.8, 4) is 0 Å². The van der Waals surface area contributed by atoms with Gasteiger partial charge in [-0.1, -0.05) is 76.6 Å². The molecule has 0 N–H and O–H groups in total. The van der Waals surface area contributed by atoms with Crippen molar-refractivity contribution in [2.24, 2.45) is 11.8 Å². The third kappa shape index (κ3) is 5.44. The zero-order chi connectivity index (χ0) is 18.2. The normalized spacial score (nSPS) is 20.1. The van der Waals surface area contributed by atoms with E-state index >= 15 is 0 Å². The summed E-state index contributed by atoms with van der Waals surface area (Å²) >= 11 is 3.58.